The topological polar surface area (TPSA) is 80.3 Å². The van der Waals surface area contributed by atoms with Crippen LogP contribution in [0.4, 0.5) is 0 Å². The Bertz CT molecular complexity index is 146. The van der Waals surface area contributed by atoms with Crippen LogP contribution < -0.4 is 10.2 Å². The average molecular weight is 206 g/mol. The van der Waals surface area contributed by atoms with Crippen LogP contribution in [0.3, 0.4) is 0 Å². The van der Waals surface area contributed by atoms with E-state index in [0.717, 1.165) is 0 Å². The first-order chi connectivity index (χ1) is 4.63. The molecule has 5 heteroatoms. The first-order valence-corrected chi connectivity index (χ1v) is 2.67. The number of carboxylic acid groups (broad SMARTS) is 2. The monoisotopic (exact) mass is 205 g/mol. The van der Waals surface area contributed by atoms with Gasteiger partial charge in [0.2, 0.25) is 0 Å². The average Bonchev–Trinajstić information content (AvgIpc) is 1.79. The molecule has 0 atom stereocenters. The van der Waals surface area contributed by atoms with E-state index in [-0.39, 0.29) is 29.9 Å². The molecule has 0 saturated carbocycles. The molecule has 0 aliphatic heterocycles. The van der Waals surface area contributed by atoms with Crippen LogP contribution in [0.2, 0.25) is 0 Å². The molecule has 0 aliphatic carbocycles. The smallest absolute Gasteiger partial charge is 0.550 e. The molecule has 0 heterocycles. The second-order valence-corrected chi connectivity index (χ2v) is 1.62. The number of aliphatic carboxylic acids is 2. The third-order valence-corrected chi connectivity index (χ3v) is 0.736. The Labute approximate surface area is 74.4 Å². The van der Waals surface area contributed by atoms with E-state index >= 15 is 0 Å². The van der Waals surface area contributed by atoms with Gasteiger partial charge < -0.3 is 19.8 Å². The SMILES string of the molecule is O=C([O-])C/C=C/CC(=O)[O-].[Cu+2]. The van der Waals surface area contributed by atoms with E-state index < -0.39 is 11.9 Å². The molecule has 0 bridgehead atoms. The van der Waals surface area contributed by atoms with Gasteiger partial charge in [-0.3, -0.25) is 0 Å². The Morgan fingerprint density at radius 2 is 1.27 bits per heavy atom. The van der Waals surface area contributed by atoms with E-state index in [1.807, 2.05) is 0 Å². The maximum absolute atomic E-state index is 9.72. The van der Waals surface area contributed by atoms with E-state index in [4.69, 9.17) is 0 Å². The normalized spacial score (nSPS) is 9.09. The van der Waals surface area contributed by atoms with Gasteiger partial charge >= 0.3 is 17.1 Å². The molecule has 0 spiro atoms. The third kappa shape index (κ3) is 12.4. The molecule has 0 fully saturated rings. The number of hydrogen-bond donors (Lipinski definition) is 0. The van der Waals surface area contributed by atoms with Crippen molar-refractivity contribution in [3.63, 3.8) is 0 Å². The van der Waals surface area contributed by atoms with E-state index in [1.165, 1.54) is 12.2 Å². The zero-order valence-corrected chi connectivity index (χ0v) is 6.45. The van der Waals surface area contributed by atoms with E-state index in [2.05, 4.69) is 0 Å². The van der Waals surface area contributed by atoms with Gasteiger partial charge in [0.15, 0.2) is 0 Å². The van der Waals surface area contributed by atoms with Gasteiger partial charge in [-0.15, -0.1) is 0 Å². The van der Waals surface area contributed by atoms with Crippen LogP contribution in [0.25, 0.3) is 0 Å². The van der Waals surface area contributed by atoms with Crippen molar-refractivity contribution >= 4 is 11.9 Å². The van der Waals surface area contributed by atoms with Gasteiger partial charge in [-0.05, 0) is 0 Å². The molecule has 0 unspecified atom stereocenters. The standard InChI is InChI=1S/C6H8O4.Cu/c7-5(8)3-1-2-4-6(9)10;/h1-2H,3-4H2,(H,7,8)(H,9,10);/q;+2/p-2/b2-1+;. The molecule has 0 aliphatic rings. The summed E-state index contributed by atoms with van der Waals surface area (Å²) in [6, 6.07) is 0. The molecule has 4 nitrogen and oxygen atoms in total. The van der Waals surface area contributed by atoms with Gasteiger partial charge in [0, 0.05) is 24.8 Å². The molecule has 1 radical (unpaired) electrons. The fourth-order valence-corrected chi connectivity index (χ4v) is 0.359. The van der Waals surface area contributed by atoms with Crippen molar-refractivity contribution in [2.75, 3.05) is 0 Å². The van der Waals surface area contributed by atoms with Crippen LogP contribution >= 0.6 is 0 Å². The van der Waals surface area contributed by atoms with Gasteiger partial charge in [-0.2, -0.15) is 0 Å². The van der Waals surface area contributed by atoms with Gasteiger partial charge in [0.25, 0.3) is 0 Å². The Morgan fingerprint density at radius 1 is 1.00 bits per heavy atom. The summed E-state index contributed by atoms with van der Waals surface area (Å²) in [5.41, 5.74) is 0. The van der Waals surface area contributed by atoms with Crippen LogP contribution in [0.5, 0.6) is 0 Å². The maximum Gasteiger partial charge on any atom is 2.00 e. The number of carbonyl (C=O) groups excluding carboxylic acids is 2. The summed E-state index contributed by atoms with van der Waals surface area (Å²) in [6.45, 7) is 0. The van der Waals surface area contributed by atoms with Crippen molar-refractivity contribution in [3.8, 4) is 0 Å². The van der Waals surface area contributed by atoms with Crippen molar-refractivity contribution < 1.29 is 36.9 Å². The fraction of sp³-hybridized carbons (Fsp3) is 0.333. The molecule has 0 aromatic rings. The molecule has 0 aromatic carbocycles. The first kappa shape index (κ1) is 12.8. The summed E-state index contributed by atoms with van der Waals surface area (Å²) >= 11 is 0. The Morgan fingerprint density at radius 3 is 1.45 bits per heavy atom. The minimum Gasteiger partial charge on any atom is -0.550 e. The van der Waals surface area contributed by atoms with Crippen LogP contribution in [0, 0.1) is 0 Å². The number of carboxylic acids is 2. The Kier molecular flexibility index (Phi) is 8.53. The number of rotatable bonds is 4. The second kappa shape index (κ2) is 7.31. The second-order valence-electron chi connectivity index (χ2n) is 1.62. The Balaban J connectivity index is 0. The summed E-state index contributed by atoms with van der Waals surface area (Å²) in [5.74, 6) is -2.45. The molecule has 0 aromatic heterocycles. The van der Waals surface area contributed by atoms with Crippen LogP contribution in [0.1, 0.15) is 12.8 Å². The third-order valence-electron chi connectivity index (χ3n) is 0.736. The van der Waals surface area contributed by atoms with Gasteiger partial charge in [0.05, 0.1) is 0 Å². The van der Waals surface area contributed by atoms with Crippen molar-refractivity contribution in [1.29, 1.82) is 0 Å². The van der Waals surface area contributed by atoms with Crippen molar-refractivity contribution in [2.24, 2.45) is 0 Å². The van der Waals surface area contributed by atoms with Crippen molar-refractivity contribution in [3.05, 3.63) is 12.2 Å². The first-order valence-electron chi connectivity index (χ1n) is 2.67. The molecule has 11 heavy (non-hydrogen) atoms. The molecular weight excluding hydrogens is 200 g/mol. The largest absolute Gasteiger partial charge is 2.00 e. The molecule has 0 rings (SSSR count). The summed E-state index contributed by atoms with van der Waals surface area (Å²) in [4.78, 5) is 19.4. The zero-order valence-electron chi connectivity index (χ0n) is 5.50. The predicted molar refractivity (Wildman–Crippen MR) is 28.4 cm³/mol. The maximum atomic E-state index is 9.72. The zero-order chi connectivity index (χ0) is 7.98. The summed E-state index contributed by atoms with van der Waals surface area (Å²) < 4.78 is 0. The van der Waals surface area contributed by atoms with Crippen LogP contribution in [-0.4, -0.2) is 11.9 Å². The number of hydrogen-bond acceptors (Lipinski definition) is 4. The van der Waals surface area contributed by atoms with Crippen molar-refractivity contribution in [2.45, 2.75) is 12.8 Å². The minimum atomic E-state index is -1.23. The molecule has 0 amide bonds. The summed E-state index contributed by atoms with van der Waals surface area (Å²) in [7, 11) is 0. The number of carbonyl (C=O) groups is 2. The van der Waals surface area contributed by atoms with Crippen LogP contribution in [-0.2, 0) is 26.7 Å². The van der Waals surface area contributed by atoms with E-state index in [9.17, 15) is 19.8 Å². The Hall–Kier alpha value is -0.801. The molecule has 65 valence electrons. The summed E-state index contributed by atoms with van der Waals surface area (Å²) in [5, 5.41) is 19.4. The molecular formula is C6H6CuO4. The van der Waals surface area contributed by atoms with Gasteiger partial charge in [-0.1, -0.05) is 12.2 Å². The minimum absolute atomic E-state index is 0. The van der Waals surface area contributed by atoms with Gasteiger partial charge in [0.1, 0.15) is 0 Å². The molecule has 0 N–H and O–H groups in total. The van der Waals surface area contributed by atoms with E-state index in [1.54, 1.807) is 0 Å². The quantitative estimate of drug-likeness (QED) is 0.386. The van der Waals surface area contributed by atoms with Crippen molar-refractivity contribution in [1.82, 2.24) is 0 Å². The van der Waals surface area contributed by atoms with E-state index in [0.29, 0.717) is 0 Å². The molecule has 0 saturated heterocycles. The summed E-state index contributed by atoms with van der Waals surface area (Å²) in [6.07, 6.45) is 1.91. The fourth-order valence-electron chi connectivity index (χ4n) is 0.359. The van der Waals surface area contributed by atoms with Crippen LogP contribution in [0.15, 0.2) is 12.2 Å². The predicted octanol–water partition coefficient (Wildman–Crippen LogP) is -2.18. The van der Waals surface area contributed by atoms with Gasteiger partial charge in [-0.25, -0.2) is 0 Å².